The second-order valence-corrected chi connectivity index (χ2v) is 7.05. The van der Waals surface area contributed by atoms with Gasteiger partial charge in [0.2, 0.25) is 5.82 Å². The van der Waals surface area contributed by atoms with Crippen LogP contribution in [0, 0.1) is 0 Å². The van der Waals surface area contributed by atoms with E-state index in [1.807, 2.05) is 24.9 Å². The van der Waals surface area contributed by atoms with Gasteiger partial charge in [-0.2, -0.15) is 16.3 Å². The van der Waals surface area contributed by atoms with Crippen molar-refractivity contribution in [3.63, 3.8) is 0 Å². The van der Waals surface area contributed by atoms with Crippen LogP contribution >= 0.6 is 11.8 Å². The van der Waals surface area contributed by atoms with Crippen LogP contribution in [0.3, 0.4) is 0 Å². The monoisotopic (exact) mass is 327 g/mol. The fourth-order valence-electron chi connectivity index (χ4n) is 2.96. The summed E-state index contributed by atoms with van der Waals surface area (Å²) in [6, 6.07) is 3.91. The zero-order valence-corrected chi connectivity index (χ0v) is 13.4. The van der Waals surface area contributed by atoms with Crippen molar-refractivity contribution in [1.29, 1.82) is 0 Å². The molecule has 0 radical (unpaired) electrons. The number of nitrogens with zero attached hydrogens (tertiary/aromatic N) is 5. The summed E-state index contributed by atoms with van der Waals surface area (Å²) < 4.78 is 27.0. The Balaban J connectivity index is 1.82. The van der Waals surface area contributed by atoms with E-state index in [1.54, 1.807) is 6.07 Å². The molecular formula is C14H19F2N5S. The van der Waals surface area contributed by atoms with Crippen molar-refractivity contribution in [3.8, 4) is 0 Å². The Bertz CT molecular complexity index is 647. The highest BCUT2D eigenvalue weighted by molar-refractivity contribution is 7.99. The average Bonchev–Trinajstić information content (AvgIpc) is 3.12. The van der Waals surface area contributed by atoms with Gasteiger partial charge in [-0.15, -0.1) is 15.3 Å². The minimum Gasteiger partial charge on any atom is -0.355 e. The molecule has 0 aromatic carbocycles. The minimum atomic E-state index is -2.68. The van der Waals surface area contributed by atoms with Gasteiger partial charge in [0.05, 0.1) is 0 Å². The summed E-state index contributed by atoms with van der Waals surface area (Å²) in [7, 11) is 1.98. The summed E-state index contributed by atoms with van der Waals surface area (Å²) in [5.41, 5.74) is 0.346. The van der Waals surface area contributed by atoms with E-state index in [1.165, 1.54) is 6.42 Å². The van der Waals surface area contributed by atoms with Crippen molar-refractivity contribution in [3.05, 3.63) is 18.0 Å². The fourth-order valence-corrected chi connectivity index (χ4v) is 4.10. The van der Waals surface area contributed by atoms with E-state index in [0.717, 1.165) is 23.1 Å². The highest BCUT2D eigenvalue weighted by Crippen LogP contribution is 2.33. The maximum absolute atomic E-state index is 12.9. The lowest BCUT2D eigenvalue weighted by Crippen LogP contribution is -2.30. The highest BCUT2D eigenvalue weighted by Gasteiger charge is 2.28. The van der Waals surface area contributed by atoms with Crippen LogP contribution in [-0.4, -0.2) is 43.9 Å². The molecule has 0 N–H and O–H groups in total. The van der Waals surface area contributed by atoms with E-state index in [9.17, 15) is 8.78 Å². The van der Waals surface area contributed by atoms with Crippen LogP contribution in [0.25, 0.3) is 5.65 Å². The first kappa shape index (κ1) is 15.5. The first-order chi connectivity index (χ1) is 10.6. The third-order valence-corrected chi connectivity index (χ3v) is 5.37. The van der Waals surface area contributed by atoms with E-state index in [2.05, 4.69) is 27.1 Å². The van der Waals surface area contributed by atoms with Crippen molar-refractivity contribution < 1.29 is 8.78 Å². The Morgan fingerprint density at radius 3 is 2.91 bits per heavy atom. The van der Waals surface area contributed by atoms with Crippen LogP contribution in [0.5, 0.6) is 0 Å². The molecule has 22 heavy (non-hydrogen) atoms. The van der Waals surface area contributed by atoms with Gasteiger partial charge in [0.1, 0.15) is 5.82 Å². The standard InChI is InChI=1S/C14H19F2N5S/c1-3-22-10-5-4-9(8-10)20(2)12-7-6-11-17-18-14(13(15)16)21(11)19-12/h6-7,9-10,13H,3-5,8H2,1-2H3. The molecule has 1 aliphatic rings. The molecule has 2 heterocycles. The fraction of sp³-hybridized carbons (Fsp3) is 0.643. The lowest BCUT2D eigenvalue weighted by atomic mass is 10.2. The Morgan fingerprint density at radius 2 is 2.18 bits per heavy atom. The Morgan fingerprint density at radius 1 is 1.36 bits per heavy atom. The summed E-state index contributed by atoms with van der Waals surface area (Å²) in [5, 5.41) is 12.2. The molecule has 2 unspecified atom stereocenters. The maximum Gasteiger partial charge on any atom is 0.299 e. The second-order valence-electron chi connectivity index (χ2n) is 5.48. The first-order valence-electron chi connectivity index (χ1n) is 7.45. The van der Waals surface area contributed by atoms with Gasteiger partial charge < -0.3 is 4.90 Å². The second kappa shape index (κ2) is 6.36. The zero-order valence-electron chi connectivity index (χ0n) is 12.6. The Hall–Kier alpha value is -1.44. The number of hydrogen-bond donors (Lipinski definition) is 0. The van der Waals surface area contributed by atoms with Crippen molar-refractivity contribution in [2.45, 2.75) is 43.9 Å². The number of fused-ring (bicyclic) bond motifs is 1. The molecule has 0 aliphatic heterocycles. The van der Waals surface area contributed by atoms with Crippen LogP contribution in [-0.2, 0) is 0 Å². The summed E-state index contributed by atoms with van der Waals surface area (Å²) in [6.07, 6.45) is 0.737. The van der Waals surface area contributed by atoms with Gasteiger partial charge in [-0.1, -0.05) is 6.92 Å². The molecule has 2 atom stereocenters. The molecule has 0 spiro atoms. The smallest absolute Gasteiger partial charge is 0.299 e. The van der Waals surface area contributed by atoms with Crippen LogP contribution in [0.2, 0.25) is 0 Å². The quantitative estimate of drug-likeness (QED) is 0.844. The van der Waals surface area contributed by atoms with E-state index < -0.39 is 12.2 Å². The molecule has 3 rings (SSSR count). The average molecular weight is 327 g/mol. The number of alkyl halides is 2. The molecular weight excluding hydrogens is 308 g/mol. The first-order valence-corrected chi connectivity index (χ1v) is 8.50. The van der Waals surface area contributed by atoms with Crippen LogP contribution < -0.4 is 4.90 Å². The lowest BCUT2D eigenvalue weighted by molar-refractivity contribution is 0.137. The molecule has 0 amide bonds. The van der Waals surface area contributed by atoms with E-state index in [4.69, 9.17) is 0 Å². The van der Waals surface area contributed by atoms with Gasteiger partial charge >= 0.3 is 0 Å². The van der Waals surface area contributed by atoms with E-state index in [0.29, 0.717) is 22.8 Å². The number of thioether (sulfide) groups is 1. The molecule has 2 aromatic heterocycles. The van der Waals surface area contributed by atoms with Crippen molar-refractivity contribution in [1.82, 2.24) is 19.8 Å². The Kier molecular flexibility index (Phi) is 4.46. The van der Waals surface area contributed by atoms with Crippen molar-refractivity contribution in [2.24, 2.45) is 0 Å². The number of aromatic nitrogens is 4. The van der Waals surface area contributed by atoms with Crippen LogP contribution in [0.15, 0.2) is 12.1 Å². The van der Waals surface area contributed by atoms with Crippen molar-refractivity contribution in [2.75, 3.05) is 17.7 Å². The number of halogens is 2. The largest absolute Gasteiger partial charge is 0.355 e. The molecule has 0 bridgehead atoms. The predicted octanol–water partition coefficient (Wildman–Crippen LogP) is 3.17. The highest BCUT2D eigenvalue weighted by atomic mass is 32.2. The Labute approximate surface area is 132 Å². The molecule has 5 nitrogen and oxygen atoms in total. The lowest BCUT2D eigenvalue weighted by Gasteiger charge is -2.25. The van der Waals surface area contributed by atoms with Gasteiger partial charge in [-0.25, -0.2) is 8.78 Å². The van der Waals surface area contributed by atoms with Gasteiger partial charge in [-0.3, -0.25) is 0 Å². The normalized spacial score (nSPS) is 21.9. The van der Waals surface area contributed by atoms with Crippen molar-refractivity contribution >= 4 is 23.2 Å². The third kappa shape index (κ3) is 2.88. The van der Waals surface area contributed by atoms with Gasteiger partial charge in [0, 0.05) is 18.3 Å². The molecule has 1 fully saturated rings. The topological polar surface area (TPSA) is 46.3 Å². The molecule has 0 saturated heterocycles. The zero-order chi connectivity index (χ0) is 15.7. The summed E-state index contributed by atoms with van der Waals surface area (Å²) in [4.78, 5) is 2.09. The van der Waals surface area contributed by atoms with Gasteiger partial charge in [-0.05, 0) is 37.1 Å². The van der Waals surface area contributed by atoms with Gasteiger partial charge in [0.15, 0.2) is 5.65 Å². The molecule has 2 aromatic rings. The number of hydrogen-bond acceptors (Lipinski definition) is 5. The number of anilines is 1. The molecule has 1 saturated carbocycles. The summed E-state index contributed by atoms with van der Waals surface area (Å²) >= 11 is 1.99. The van der Waals surface area contributed by atoms with E-state index >= 15 is 0 Å². The van der Waals surface area contributed by atoms with Crippen LogP contribution in [0.4, 0.5) is 14.6 Å². The number of rotatable bonds is 5. The minimum absolute atomic E-state index is 0.346. The SMILES string of the molecule is CCSC1CCC(N(C)c2ccc3nnc(C(F)F)n3n2)C1. The third-order valence-electron chi connectivity index (χ3n) is 4.14. The molecule has 8 heteroatoms. The molecule has 120 valence electrons. The maximum atomic E-state index is 12.9. The summed E-state index contributed by atoms with van der Waals surface area (Å²) in [6.45, 7) is 2.18. The molecule has 1 aliphatic carbocycles. The van der Waals surface area contributed by atoms with E-state index in [-0.39, 0.29) is 0 Å². The van der Waals surface area contributed by atoms with Gasteiger partial charge in [0.25, 0.3) is 6.43 Å². The summed E-state index contributed by atoms with van der Waals surface area (Å²) in [5.74, 6) is 1.40. The van der Waals surface area contributed by atoms with Crippen LogP contribution in [0.1, 0.15) is 38.4 Å². The predicted molar refractivity (Wildman–Crippen MR) is 83.7 cm³/mol.